The standard InChI is InChI=1S/C29H18F4O8/c30-16-3-14(4-17(31)8-16)28(37)40-25-11-20(34)10-24-21(25)12-26(27(39-24)13-1-2-22(35)23(36)7-13)41-29(38)15-5-18(32)9-19(33)6-15/h1-11,26-27,34-36H,12H2/t26-,27-/m1/s1. The monoisotopic (exact) mass is 570 g/mol. The average Bonchev–Trinajstić information content (AvgIpc) is 2.89. The second-order valence-corrected chi connectivity index (χ2v) is 9.06. The third-order valence-corrected chi connectivity index (χ3v) is 6.14. The van der Waals surface area contributed by atoms with Gasteiger partial charge in [-0.1, -0.05) is 6.07 Å². The molecule has 8 nitrogen and oxygen atoms in total. The molecule has 4 aromatic carbocycles. The summed E-state index contributed by atoms with van der Waals surface area (Å²) < 4.78 is 71.6. The minimum absolute atomic E-state index is 0.0418. The number of halogens is 4. The molecule has 2 atom stereocenters. The SMILES string of the molecule is O=C(Oc1cc(O)cc2c1C[C@@H](OC(=O)c1cc(F)cc(F)c1)[C@@H](c1ccc(O)c(O)c1)O2)c1cc(F)cc(F)c1. The Hall–Kier alpha value is -5.26. The van der Waals surface area contributed by atoms with Crippen molar-refractivity contribution < 1.29 is 56.7 Å². The molecule has 1 aliphatic rings. The molecule has 1 heterocycles. The van der Waals surface area contributed by atoms with Crippen LogP contribution in [0.2, 0.25) is 0 Å². The molecular weight excluding hydrogens is 552 g/mol. The molecule has 0 bridgehead atoms. The minimum atomic E-state index is -1.28. The lowest BCUT2D eigenvalue weighted by atomic mass is 9.93. The summed E-state index contributed by atoms with van der Waals surface area (Å²) in [6, 6.07) is 9.97. The van der Waals surface area contributed by atoms with E-state index in [1.54, 1.807) is 0 Å². The molecule has 0 saturated heterocycles. The lowest BCUT2D eigenvalue weighted by molar-refractivity contribution is -0.0189. The van der Waals surface area contributed by atoms with Crippen molar-refractivity contribution in [2.45, 2.75) is 18.6 Å². The molecular formula is C29H18F4O8. The van der Waals surface area contributed by atoms with Gasteiger partial charge >= 0.3 is 11.9 Å². The first-order valence-corrected chi connectivity index (χ1v) is 11.9. The molecule has 0 spiro atoms. The van der Waals surface area contributed by atoms with Crippen LogP contribution in [0.5, 0.6) is 28.7 Å². The molecule has 0 saturated carbocycles. The Kier molecular flexibility index (Phi) is 7.14. The van der Waals surface area contributed by atoms with E-state index in [0.717, 1.165) is 42.5 Å². The lowest BCUT2D eigenvalue weighted by Gasteiger charge is -2.34. The van der Waals surface area contributed by atoms with Gasteiger partial charge in [0.25, 0.3) is 0 Å². The molecule has 210 valence electrons. The summed E-state index contributed by atoms with van der Waals surface area (Å²) in [7, 11) is 0. The van der Waals surface area contributed by atoms with Crippen molar-refractivity contribution in [3.8, 4) is 28.7 Å². The van der Waals surface area contributed by atoms with E-state index < -0.39 is 75.8 Å². The normalized spacial score (nSPS) is 15.9. The summed E-state index contributed by atoms with van der Waals surface area (Å²) in [5, 5.41) is 30.0. The van der Waals surface area contributed by atoms with E-state index in [2.05, 4.69) is 0 Å². The van der Waals surface area contributed by atoms with Crippen molar-refractivity contribution in [3.63, 3.8) is 0 Å². The Morgan fingerprint density at radius 1 is 0.732 bits per heavy atom. The maximum atomic E-state index is 13.7. The number of esters is 2. The van der Waals surface area contributed by atoms with Gasteiger partial charge in [-0.05, 0) is 36.4 Å². The number of aromatic hydroxyl groups is 3. The predicted octanol–water partition coefficient (Wildman–Crippen LogP) is 5.48. The molecule has 12 heteroatoms. The van der Waals surface area contributed by atoms with Crippen molar-refractivity contribution in [1.82, 2.24) is 0 Å². The van der Waals surface area contributed by atoms with E-state index in [0.29, 0.717) is 12.1 Å². The van der Waals surface area contributed by atoms with Crippen molar-refractivity contribution in [1.29, 1.82) is 0 Å². The van der Waals surface area contributed by atoms with Gasteiger partial charge < -0.3 is 29.5 Å². The largest absolute Gasteiger partial charge is 0.508 e. The molecule has 3 N–H and O–H groups in total. The number of carbonyl (C=O) groups is 2. The molecule has 5 rings (SSSR count). The third kappa shape index (κ3) is 5.86. The quantitative estimate of drug-likeness (QED) is 0.125. The van der Waals surface area contributed by atoms with Gasteiger partial charge in [-0.15, -0.1) is 0 Å². The topological polar surface area (TPSA) is 123 Å². The van der Waals surface area contributed by atoms with Crippen LogP contribution in [0.25, 0.3) is 0 Å². The highest BCUT2D eigenvalue weighted by Crippen LogP contribution is 2.44. The molecule has 41 heavy (non-hydrogen) atoms. The molecule has 1 aliphatic heterocycles. The zero-order valence-electron chi connectivity index (χ0n) is 20.6. The molecule has 0 aromatic heterocycles. The predicted molar refractivity (Wildman–Crippen MR) is 132 cm³/mol. The summed E-state index contributed by atoms with van der Waals surface area (Å²) in [5.74, 6) is -8.16. The summed E-state index contributed by atoms with van der Waals surface area (Å²) in [4.78, 5) is 25.6. The van der Waals surface area contributed by atoms with Gasteiger partial charge in [-0.25, -0.2) is 27.2 Å². The first-order chi connectivity index (χ1) is 19.5. The van der Waals surface area contributed by atoms with Crippen LogP contribution in [-0.2, 0) is 11.2 Å². The summed E-state index contributed by atoms with van der Waals surface area (Å²) in [6.45, 7) is 0. The number of hydrogen-bond donors (Lipinski definition) is 3. The van der Waals surface area contributed by atoms with Crippen LogP contribution in [0.15, 0.2) is 66.7 Å². The van der Waals surface area contributed by atoms with E-state index in [1.165, 1.54) is 12.1 Å². The van der Waals surface area contributed by atoms with Gasteiger partial charge in [-0.3, -0.25) is 0 Å². The van der Waals surface area contributed by atoms with Crippen LogP contribution in [0.1, 0.15) is 37.9 Å². The number of benzene rings is 4. The Bertz CT molecular complexity index is 1650. The second-order valence-electron chi connectivity index (χ2n) is 9.06. The molecule has 0 aliphatic carbocycles. The Morgan fingerprint density at radius 3 is 1.90 bits per heavy atom. The van der Waals surface area contributed by atoms with Crippen LogP contribution in [0, 0.1) is 23.3 Å². The van der Waals surface area contributed by atoms with E-state index in [1.807, 2.05) is 0 Å². The van der Waals surface area contributed by atoms with Crippen molar-refractivity contribution >= 4 is 11.9 Å². The maximum Gasteiger partial charge on any atom is 0.343 e. The number of phenolic OH excluding ortho intramolecular Hbond substituents is 3. The first-order valence-electron chi connectivity index (χ1n) is 11.9. The fraction of sp³-hybridized carbons (Fsp3) is 0.103. The van der Waals surface area contributed by atoms with Crippen molar-refractivity contribution in [2.24, 2.45) is 0 Å². The smallest absolute Gasteiger partial charge is 0.343 e. The maximum absolute atomic E-state index is 13.7. The number of carbonyl (C=O) groups excluding carboxylic acids is 2. The Balaban J connectivity index is 1.53. The fourth-order valence-electron chi connectivity index (χ4n) is 4.34. The van der Waals surface area contributed by atoms with E-state index in [4.69, 9.17) is 14.2 Å². The van der Waals surface area contributed by atoms with Gasteiger partial charge in [0.15, 0.2) is 17.6 Å². The van der Waals surface area contributed by atoms with E-state index >= 15 is 0 Å². The summed E-state index contributed by atoms with van der Waals surface area (Å²) >= 11 is 0. The Morgan fingerprint density at radius 2 is 1.32 bits per heavy atom. The highest BCUT2D eigenvalue weighted by atomic mass is 19.1. The zero-order valence-corrected chi connectivity index (χ0v) is 20.6. The number of fused-ring (bicyclic) bond motifs is 1. The number of rotatable bonds is 5. The van der Waals surface area contributed by atoms with Gasteiger partial charge in [0.1, 0.15) is 46.6 Å². The van der Waals surface area contributed by atoms with Gasteiger partial charge in [-0.2, -0.15) is 0 Å². The lowest BCUT2D eigenvalue weighted by Crippen LogP contribution is -2.35. The summed E-state index contributed by atoms with van der Waals surface area (Å²) in [6.07, 6.45) is -2.73. The second kappa shape index (κ2) is 10.7. The van der Waals surface area contributed by atoms with Crippen LogP contribution < -0.4 is 9.47 Å². The van der Waals surface area contributed by atoms with Crippen LogP contribution in [0.4, 0.5) is 17.6 Å². The Labute approximate surface area is 228 Å². The van der Waals surface area contributed by atoms with Gasteiger partial charge in [0.05, 0.1) is 11.1 Å². The fourth-order valence-corrected chi connectivity index (χ4v) is 4.34. The third-order valence-electron chi connectivity index (χ3n) is 6.14. The highest BCUT2D eigenvalue weighted by Gasteiger charge is 2.37. The molecule has 0 fully saturated rings. The zero-order chi connectivity index (χ0) is 29.4. The van der Waals surface area contributed by atoms with Crippen LogP contribution in [0.3, 0.4) is 0 Å². The number of ether oxygens (including phenoxy) is 3. The molecule has 0 unspecified atom stereocenters. The van der Waals surface area contributed by atoms with E-state index in [-0.39, 0.29) is 29.0 Å². The number of hydrogen-bond acceptors (Lipinski definition) is 8. The van der Waals surface area contributed by atoms with Crippen molar-refractivity contribution in [3.05, 3.63) is 112 Å². The minimum Gasteiger partial charge on any atom is -0.508 e. The summed E-state index contributed by atoms with van der Waals surface area (Å²) in [5.41, 5.74) is -0.627. The highest BCUT2D eigenvalue weighted by molar-refractivity contribution is 5.91. The van der Waals surface area contributed by atoms with E-state index in [9.17, 15) is 42.5 Å². The number of phenols is 3. The first kappa shape index (κ1) is 27.3. The van der Waals surface area contributed by atoms with Crippen LogP contribution in [-0.4, -0.2) is 33.4 Å². The molecule has 4 aromatic rings. The average molecular weight is 570 g/mol. The van der Waals surface area contributed by atoms with Crippen LogP contribution >= 0.6 is 0 Å². The molecule has 0 radical (unpaired) electrons. The molecule has 0 amide bonds. The van der Waals surface area contributed by atoms with Crippen molar-refractivity contribution in [2.75, 3.05) is 0 Å². The van der Waals surface area contributed by atoms with Gasteiger partial charge in [0, 0.05) is 41.8 Å². The van der Waals surface area contributed by atoms with Gasteiger partial charge in [0.2, 0.25) is 0 Å².